The third-order valence-electron chi connectivity index (χ3n) is 6.61. The van der Waals surface area contributed by atoms with Gasteiger partial charge in [-0.05, 0) is 53.4 Å². The summed E-state index contributed by atoms with van der Waals surface area (Å²) in [6.45, 7) is 0. The molecular weight excluding hydrogens is 499 g/mol. The first-order valence-corrected chi connectivity index (χ1v) is 12.4. The van der Waals surface area contributed by atoms with E-state index in [1.54, 1.807) is 29.2 Å². The number of hydrogen-bond acceptors (Lipinski definition) is 8. The molecule has 1 aromatic carbocycles. The summed E-state index contributed by atoms with van der Waals surface area (Å²) in [6, 6.07) is 14.5. The van der Waals surface area contributed by atoms with E-state index in [1.165, 1.54) is 13.2 Å². The average Bonchev–Trinajstić information content (AvgIpc) is 3.54. The lowest BCUT2D eigenvalue weighted by Gasteiger charge is -2.20. The Bertz CT molecular complexity index is 1630. The first-order chi connectivity index (χ1) is 18.9. The Hall–Kier alpha value is -4.80. The summed E-state index contributed by atoms with van der Waals surface area (Å²) >= 11 is 0. The van der Waals surface area contributed by atoms with E-state index in [4.69, 9.17) is 4.74 Å². The molecule has 11 heteroatoms. The molecule has 0 saturated heterocycles. The van der Waals surface area contributed by atoms with Crippen molar-refractivity contribution in [2.75, 3.05) is 31.4 Å². The number of ether oxygens (including phenoxy) is 1. The highest BCUT2D eigenvalue weighted by molar-refractivity contribution is 5.74. The van der Waals surface area contributed by atoms with Crippen LogP contribution in [0.1, 0.15) is 23.7 Å². The highest BCUT2D eigenvalue weighted by atomic mass is 19.1. The van der Waals surface area contributed by atoms with Crippen molar-refractivity contribution in [3.8, 4) is 16.9 Å². The largest absolute Gasteiger partial charge is 0.497 e. The SMILES string of the molecule is COc1ccc(CC(CC=O)c2nnc3cc(-c4ccnc(Nc5ccnn5C)c4)cc(N(C)C)n23)c(F)c1. The van der Waals surface area contributed by atoms with E-state index in [0.29, 0.717) is 28.6 Å². The van der Waals surface area contributed by atoms with E-state index in [0.717, 1.165) is 29.0 Å². The van der Waals surface area contributed by atoms with Crippen molar-refractivity contribution in [1.29, 1.82) is 0 Å². The van der Waals surface area contributed by atoms with Gasteiger partial charge in [-0.3, -0.25) is 9.08 Å². The highest BCUT2D eigenvalue weighted by Gasteiger charge is 2.23. The average molecular weight is 529 g/mol. The van der Waals surface area contributed by atoms with Crippen molar-refractivity contribution in [3.63, 3.8) is 0 Å². The molecule has 0 aliphatic rings. The molecule has 0 aliphatic heterocycles. The molecule has 1 atom stereocenters. The maximum absolute atomic E-state index is 14.8. The molecule has 0 amide bonds. The van der Waals surface area contributed by atoms with Crippen LogP contribution in [0.5, 0.6) is 5.75 Å². The second kappa shape index (κ2) is 10.9. The van der Waals surface area contributed by atoms with Crippen molar-refractivity contribution in [2.45, 2.75) is 18.8 Å². The van der Waals surface area contributed by atoms with Crippen LogP contribution >= 0.6 is 0 Å². The van der Waals surface area contributed by atoms with Crippen LogP contribution in [-0.2, 0) is 18.3 Å². The highest BCUT2D eigenvalue weighted by Crippen LogP contribution is 2.32. The van der Waals surface area contributed by atoms with Gasteiger partial charge in [0, 0.05) is 51.8 Å². The van der Waals surface area contributed by atoms with Crippen LogP contribution in [0.3, 0.4) is 0 Å². The smallest absolute Gasteiger partial charge is 0.163 e. The lowest BCUT2D eigenvalue weighted by atomic mass is 9.95. The molecule has 1 N–H and O–H groups in total. The summed E-state index contributed by atoms with van der Waals surface area (Å²) in [7, 11) is 7.21. The van der Waals surface area contributed by atoms with Gasteiger partial charge in [-0.2, -0.15) is 5.10 Å². The van der Waals surface area contributed by atoms with E-state index in [9.17, 15) is 9.18 Å². The third-order valence-corrected chi connectivity index (χ3v) is 6.61. The summed E-state index contributed by atoms with van der Waals surface area (Å²) in [5.41, 5.74) is 2.96. The Kier molecular flexibility index (Phi) is 7.22. The van der Waals surface area contributed by atoms with Crippen LogP contribution in [0.15, 0.2) is 60.9 Å². The number of aldehydes is 1. The number of carbonyl (C=O) groups is 1. The fraction of sp³-hybridized carbons (Fsp3) is 0.250. The lowest BCUT2D eigenvalue weighted by molar-refractivity contribution is -0.108. The number of rotatable bonds is 10. The number of carbonyl (C=O) groups excluding carboxylic acids is 1. The Morgan fingerprint density at radius 2 is 1.92 bits per heavy atom. The summed E-state index contributed by atoms with van der Waals surface area (Å²) in [5.74, 6) is 2.59. The molecule has 1 unspecified atom stereocenters. The number of methoxy groups -OCH3 is 1. The van der Waals surface area contributed by atoms with Gasteiger partial charge in [-0.1, -0.05) is 6.07 Å². The normalized spacial score (nSPS) is 11.9. The van der Waals surface area contributed by atoms with Crippen molar-refractivity contribution >= 4 is 29.4 Å². The Labute approximate surface area is 225 Å². The Morgan fingerprint density at radius 1 is 1.08 bits per heavy atom. The zero-order chi connectivity index (χ0) is 27.5. The predicted molar refractivity (Wildman–Crippen MR) is 147 cm³/mol. The van der Waals surface area contributed by atoms with E-state index in [2.05, 4.69) is 25.6 Å². The van der Waals surface area contributed by atoms with Gasteiger partial charge >= 0.3 is 0 Å². The second-order valence-corrected chi connectivity index (χ2v) is 9.40. The molecule has 0 bridgehead atoms. The lowest BCUT2D eigenvalue weighted by Crippen LogP contribution is -2.17. The molecule has 10 nitrogen and oxygen atoms in total. The van der Waals surface area contributed by atoms with Crippen LogP contribution in [0.4, 0.5) is 21.8 Å². The molecule has 4 aromatic heterocycles. The van der Waals surface area contributed by atoms with E-state index < -0.39 is 0 Å². The van der Waals surface area contributed by atoms with Crippen molar-refractivity contribution < 1.29 is 13.9 Å². The van der Waals surface area contributed by atoms with E-state index in [-0.39, 0.29) is 24.6 Å². The standard InChI is InChI=1S/C28H29FN8O2/c1-35(2)27-16-21(18-7-10-30-24(14-18)32-25-8-11-31-36(25)3)15-26-33-34-28(37(26)27)20(9-12-38)13-19-5-6-22(39-4)17-23(19)29/h5-8,10-12,14-17,20H,9,13H2,1-4H3,(H,30,32). The first-order valence-electron chi connectivity index (χ1n) is 12.4. The summed E-state index contributed by atoms with van der Waals surface area (Å²) < 4.78 is 23.6. The number of hydrogen-bond donors (Lipinski definition) is 1. The number of benzene rings is 1. The maximum atomic E-state index is 14.8. The quantitative estimate of drug-likeness (QED) is 0.266. The molecule has 0 radical (unpaired) electrons. The van der Waals surface area contributed by atoms with Gasteiger partial charge < -0.3 is 19.7 Å². The van der Waals surface area contributed by atoms with Gasteiger partial charge in [0.15, 0.2) is 5.65 Å². The molecule has 0 aliphatic carbocycles. The van der Waals surface area contributed by atoms with Gasteiger partial charge in [-0.15, -0.1) is 10.2 Å². The van der Waals surface area contributed by atoms with Gasteiger partial charge in [0.25, 0.3) is 0 Å². The summed E-state index contributed by atoms with van der Waals surface area (Å²) in [4.78, 5) is 18.1. The van der Waals surface area contributed by atoms with Crippen LogP contribution in [-0.4, -0.2) is 56.9 Å². The van der Waals surface area contributed by atoms with Crippen LogP contribution in [0.25, 0.3) is 16.8 Å². The number of nitrogens with one attached hydrogen (secondary N) is 1. The Balaban J connectivity index is 1.53. The zero-order valence-corrected chi connectivity index (χ0v) is 22.2. The van der Waals surface area contributed by atoms with Crippen molar-refractivity contribution in [3.05, 3.63) is 78.1 Å². The fourth-order valence-corrected chi connectivity index (χ4v) is 4.57. The van der Waals surface area contributed by atoms with Crippen molar-refractivity contribution in [1.82, 2.24) is 29.4 Å². The zero-order valence-electron chi connectivity index (χ0n) is 22.2. The third kappa shape index (κ3) is 5.28. The summed E-state index contributed by atoms with van der Waals surface area (Å²) in [6.07, 6.45) is 4.76. The molecule has 200 valence electrons. The molecule has 39 heavy (non-hydrogen) atoms. The molecule has 0 saturated carbocycles. The fourth-order valence-electron chi connectivity index (χ4n) is 4.57. The van der Waals surface area contributed by atoms with Crippen LogP contribution in [0.2, 0.25) is 0 Å². The number of anilines is 3. The van der Waals surface area contributed by atoms with Gasteiger partial charge in [-0.25, -0.2) is 9.37 Å². The number of aromatic nitrogens is 6. The van der Waals surface area contributed by atoms with Crippen LogP contribution < -0.4 is 15.0 Å². The Morgan fingerprint density at radius 3 is 2.62 bits per heavy atom. The van der Waals surface area contributed by atoms with Gasteiger partial charge in [0.1, 0.15) is 41.1 Å². The van der Waals surface area contributed by atoms with E-state index >= 15 is 0 Å². The first kappa shape index (κ1) is 25.8. The predicted octanol–water partition coefficient (Wildman–Crippen LogP) is 4.40. The summed E-state index contributed by atoms with van der Waals surface area (Å²) in [5, 5.41) is 16.4. The molecule has 4 heterocycles. The minimum Gasteiger partial charge on any atom is -0.497 e. The maximum Gasteiger partial charge on any atom is 0.163 e. The van der Waals surface area contributed by atoms with Gasteiger partial charge in [0.2, 0.25) is 0 Å². The number of aryl methyl sites for hydroxylation is 1. The number of halogens is 1. The minimum atomic E-state index is -0.387. The van der Waals surface area contributed by atoms with Crippen molar-refractivity contribution in [2.24, 2.45) is 7.05 Å². The second-order valence-electron chi connectivity index (χ2n) is 9.40. The molecule has 0 fully saturated rings. The molecule has 0 spiro atoms. The molecule has 5 rings (SSSR count). The topological polar surface area (TPSA) is 102 Å². The molecule has 5 aromatic rings. The van der Waals surface area contributed by atoms with Gasteiger partial charge in [0.05, 0.1) is 13.3 Å². The van der Waals surface area contributed by atoms with E-state index in [1.807, 2.05) is 60.8 Å². The number of fused-ring (bicyclic) bond motifs is 1. The number of nitrogens with zero attached hydrogens (tertiary/aromatic N) is 7. The monoisotopic (exact) mass is 528 g/mol. The molecular formula is C28H29FN8O2. The number of pyridine rings is 2. The van der Waals surface area contributed by atoms with Crippen LogP contribution in [0, 0.1) is 5.82 Å². The minimum absolute atomic E-state index is 0.175.